The van der Waals surface area contributed by atoms with Crippen LogP contribution >= 0.6 is 22.6 Å². The fourth-order valence-electron chi connectivity index (χ4n) is 2.07. The predicted molar refractivity (Wildman–Crippen MR) is 92.3 cm³/mol. The summed E-state index contributed by atoms with van der Waals surface area (Å²) < 4.78 is 21.0. The fourth-order valence-corrected chi connectivity index (χ4v) is 2.43. The highest BCUT2D eigenvalue weighted by Crippen LogP contribution is 2.32. The smallest absolute Gasteiger partial charge is 0.167 e. The second-order valence-corrected chi connectivity index (χ2v) is 6.14. The number of benzene rings is 2. The Morgan fingerprint density at radius 3 is 2.57 bits per heavy atom. The van der Waals surface area contributed by atoms with E-state index in [0.717, 1.165) is 22.1 Å². The molecule has 0 aliphatic carbocycles. The summed E-state index contributed by atoms with van der Waals surface area (Å²) in [4.78, 5) is 0. The van der Waals surface area contributed by atoms with E-state index < -0.39 is 0 Å². The van der Waals surface area contributed by atoms with E-state index in [4.69, 9.17) is 4.74 Å². The molecule has 1 atom stereocenters. The molecular weight excluding hydrogens is 380 g/mol. The lowest BCUT2D eigenvalue weighted by atomic mass is 10.1. The van der Waals surface area contributed by atoms with Gasteiger partial charge in [0, 0.05) is 15.2 Å². The molecule has 2 aromatic carbocycles. The van der Waals surface area contributed by atoms with Crippen LogP contribution in [0.5, 0.6) is 11.5 Å². The molecule has 0 saturated carbocycles. The van der Waals surface area contributed by atoms with Gasteiger partial charge in [0.1, 0.15) is 5.75 Å². The van der Waals surface area contributed by atoms with Gasteiger partial charge in [0.2, 0.25) is 0 Å². The van der Waals surface area contributed by atoms with Crippen molar-refractivity contribution in [3.05, 3.63) is 57.4 Å². The Morgan fingerprint density at radius 1 is 1.19 bits per heavy atom. The molecular formula is C17H19FINO. The molecule has 0 saturated heterocycles. The summed E-state index contributed by atoms with van der Waals surface area (Å²) in [5.74, 6) is 0.607. The molecule has 2 rings (SSSR count). The Labute approximate surface area is 138 Å². The number of para-hydroxylation sites is 1. The molecule has 0 aromatic heterocycles. The standard InChI is InChI=1S/C17H19FINO/c1-3-11-20-12(2)15-5-4-6-16(18)17(15)21-14-9-7-13(19)8-10-14/h4-10,12,20H,3,11H2,1-2H3. The summed E-state index contributed by atoms with van der Waals surface area (Å²) in [7, 11) is 0. The van der Waals surface area contributed by atoms with Crippen LogP contribution in [0.2, 0.25) is 0 Å². The monoisotopic (exact) mass is 399 g/mol. The first-order valence-electron chi connectivity index (χ1n) is 7.07. The van der Waals surface area contributed by atoms with E-state index in [9.17, 15) is 4.39 Å². The van der Waals surface area contributed by atoms with Crippen molar-refractivity contribution in [1.29, 1.82) is 0 Å². The molecule has 112 valence electrons. The van der Waals surface area contributed by atoms with Gasteiger partial charge in [-0.3, -0.25) is 0 Å². The lowest BCUT2D eigenvalue weighted by Crippen LogP contribution is -2.20. The number of hydrogen-bond acceptors (Lipinski definition) is 2. The third-order valence-corrected chi connectivity index (χ3v) is 3.92. The maximum absolute atomic E-state index is 14.1. The first-order chi connectivity index (χ1) is 10.1. The Morgan fingerprint density at radius 2 is 1.90 bits per heavy atom. The molecule has 2 aromatic rings. The van der Waals surface area contributed by atoms with Crippen molar-refractivity contribution in [3.63, 3.8) is 0 Å². The van der Waals surface area contributed by atoms with Crippen molar-refractivity contribution in [1.82, 2.24) is 5.32 Å². The van der Waals surface area contributed by atoms with Crippen LogP contribution in [0.15, 0.2) is 42.5 Å². The molecule has 0 radical (unpaired) electrons. The third kappa shape index (κ3) is 4.41. The van der Waals surface area contributed by atoms with Crippen molar-refractivity contribution in [2.45, 2.75) is 26.3 Å². The molecule has 0 spiro atoms. The number of rotatable bonds is 6. The molecule has 2 nitrogen and oxygen atoms in total. The minimum absolute atomic E-state index is 0.0412. The molecule has 1 unspecified atom stereocenters. The molecule has 0 aliphatic rings. The van der Waals surface area contributed by atoms with Crippen molar-refractivity contribution >= 4 is 22.6 Å². The summed E-state index contributed by atoms with van der Waals surface area (Å²) in [5.41, 5.74) is 0.835. The van der Waals surface area contributed by atoms with E-state index in [0.29, 0.717) is 11.5 Å². The maximum Gasteiger partial charge on any atom is 0.167 e. The summed E-state index contributed by atoms with van der Waals surface area (Å²) >= 11 is 2.23. The number of halogens is 2. The van der Waals surface area contributed by atoms with E-state index in [1.807, 2.05) is 37.3 Å². The first kappa shape index (κ1) is 16.2. The van der Waals surface area contributed by atoms with E-state index in [2.05, 4.69) is 34.8 Å². The zero-order valence-corrected chi connectivity index (χ0v) is 14.4. The number of nitrogens with one attached hydrogen (secondary N) is 1. The normalized spacial score (nSPS) is 12.2. The van der Waals surface area contributed by atoms with E-state index in [1.165, 1.54) is 6.07 Å². The van der Waals surface area contributed by atoms with Crippen LogP contribution in [-0.2, 0) is 0 Å². The van der Waals surface area contributed by atoms with Gasteiger partial charge >= 0.3 is 0 Å². The minimum Gasteiger partial charge on any atom is -0.454 e. The topological polar surface area (TPSA) is 21.3 Å². The van der Waals surface area contributed by atoms with Crippen LogP contribution < -0.4 is 10.1 Å². The Bertz CT molecular complexity index is 586. The van der Waals surface area contributed by atoms with Gasteiger partial charge in [-0.05, 0) is 72.8 Å². The Balaban J connectivity index is 2.26. The Kier molecular flexibility index (Phi) is 5.99. The van der Waals surface area contributed by atoms with E-state index in [1.54, 1.807) is 6.07 Å². The van der Waals surface area contributed by atoms with Gasteiger partial charge in [-0.2, -0.15) is 0 Å². The van der Waals surface area contributed by atoms with Crippen molar-refractivity contribution in [3.8, 4) is 11.5 Å². The highest BCUT2D eigenvalue weighted by Gasteiger charge is 2.16. The quantitative estimate of drug-likeness (QED) is 0.668. The van der Waals surface area contributed by atoms with Gasteiger partial charge in [0.25, 0.3) is 0 Å². The Hall–Kier alpha value is -1.14. The fraction of sp³-hybridized carbons (Fsp3) is 0.294. The zero-order chi connectivity index (χ0) is 15.2. The van der Waals surface area contributed by atoms with Crippen molar-refractivity contribution < 1.29 is 9.13 Å². The highest BCUT2D eigenvalue weighted by molar-refractivity contribution is 14.1. The first-order valence-corrected chi connectivity index (χ1v) is 8.15. The van der Waals surface area contributed by atoms with Gasteiger partial charge < -0.3 is 10.1 Å². The van der Waals surface area contributed by atoms with Crippen LogP contribution in [-0.4, -0.2) is 6.54 Å². The number of ether oxygens (including phenoxy) is 1. The molecule has 1 N–H and O–H groups in total. The minimum atomic E-state index is -0.337. The van der Waals surface area contributed by atoms with Crippen LogP contribution in [0.1, 0.15) is 31.9 Å². The summed E-state index contributed by atoms with van der Waals surface area (Å²) in [6.07, 6.45) is 1.03. The average molecular weight is 399 g/mol. The average Bonchev–Trinajstić information content (AvgIpc) is 2.49. The summed E-state index contributed by atoms with van der Waals surface area (Å²) in [5, 5.41) is 3.36. The van der Waals surface area contributed by atoms with Crippen LogP contribution in [0, 0.1) is 9.39 Å². The second-order valence-electron chi connectivity index (χ2n) is 4.89. The molecule has 0 amide bonds. The van der Waals surface area contributed by atoms with Crippen LogP contribution in [0.3, 0.4) is 0 Å². The highest BCUT2D eigenvalue weighted by atomic mass is 127. The van der Waals surface area contributed by atoms with Crippen molar-refractivity contribution in [2.75, 3.05) is 6.54 Å². The van der Waals surface area contributed by atoms with Gasteiger partial charge in [-0.15, -0.1) is 0 Å². The molecule has 21 heavy (non-hydrogen) atoms. The molecule has 0 aliphatic heterocycles. The number of hydrogen-bond donors (Lipinski definition) is 1. The lowest BCUT2D eigenvalue weighted by Gasteiger charge is -2.18. The lowest BCUT2D eigenvalue weighted by molar-refractivity contribution is 0.425. The van der Waals surface area contributed by atoms with E-state index >= 15 is 0 Å². The third-order valence-electron chi connectivity index (χ3n) is 3.20. The van der Waals surface area contributed by atoms with Crippen molar-refractivity contribution in [2.24, 2.45) is 0 Å². The largest absolute Gasteiger partial charge is 0.454 e. The van der Waals surface area contributed by atoms with Crippen LogP contribution in [0.25, 0.3) is 0 Å². The van der Waals surface area contributed by atoms with Gasteiger partial charge in [-0.1, -0.05) is 19.1 Å². The van der Waals surface area contributed by atoms with Gasteiger partial charge in [0.15, 0.2) is 11.6 Å². The second kappa shape index (κ2) is 7.75. The van der Waals surface area contributed by atoms with Gasteiger partial charge in [0.05, 0.1) is 0 Å². The van der Waals surface area contributed by atoms with E-state index in [-0.39, 0.29) is 11.9 Å². The molecule has 0 bridgehead atoms. The summed E-state index contributed by atoms with van der Waals surface area (Å²) in [6, 6.07) is 12.7. The maximum atomic E-state index is 14.1. The molecule has 0 heterocycles. The van der Waals surface area contributed by atoms with Gasteiger partial charge in [-0.25, -0.2) is 4.39 Å². The molecule has 0 fully saturated rings. The van der Waals surface area contributed by atoms with Crippen LogP contribution in [0.4, 0.5) is 4.39 Å². The molecule has 4 heteroatoms. The summed E-state index contributed by atoms with van der Waals surface area (Å²) in [6.45, 7) is 5.01. The predicted octanol–water partition coefficient (Wildman–Crippen LogP) is 5.28. The SMILES string of the molecule is CCCNC(C)c1cccc(F)c1Oc1ccc(I)cc1. The zero-order valence-electron chi connectivity index (χ0n) is 12.2.